The number of halogens is 1. The molecule has 1 aliphatic heterocycles. The van der Waals surface area contributed by atoms with Crippen molar-refractivity contribution in [2.45, 2.75) is 6.42 Å². The molecule has 7 heteroatoms. The fourth-order valence-electron chi connectivity index (χ4n) is 1.32. The van der Waals surface area contributed by atoms with Crippen LogP contribution in [0.2, 0.25) is 0 Å². The molecule has 0 spiro atoms. The normalized spacial score (nSPS) is 14.4. The van der Waals surface area contributed by atoms with Crippen LogP contribution in [0.1, 0.15) is 5.56 Å². The van der Waals surface area contributed by atoms with Gasteiger partial charge in [-0.15, -0.1) is 12.4 Å². The Kier molecular flexibility index (Phi) is 3.79. The maximum atomic E-state index is 11.2. The van der Waals surface area contributed by atoms with Crippen molar-refractivity contribution in [3.63, 3.8) is 0 Å². The average Bonchev–Trinajstić information content (AvgIpc) is 2.38. The van der Waals surface area contributed by atoms with Gasteiger partial charge in [-0.2, -0.15) is 10.2 Å². The lowest BCUT2D eigenvalue weighted by Crippen LogP contribution is -2.15. The Morgan fingerprint density at radius 2 is 1.94 bits per heavy atom. The highest BCUT2D eigenvalue weighted by Crippen LogP contribution is 2.26. The molecule has 0 aromatic heterocycles. The van der Waals surface area contributed by atoms with Crippen LogP contribution in [0.25, 0.3) is 0 Å². The Balaban J connectivity index is 0.00000128. The van der Waals surface area contributed by atoms with Crippen LogP contribution in [0.4, 0.5) is 5.69 Å². The fraction of sp³-hybridized carbons (Fsp3) is 0.111. The van der Waals surface area contributed by atoms with Gasteiger partial charge in [0.1, 0.15) is 0 Å². The zero-order valence-corrected chi connectivity index (χ0v) is 9.83. The van der Waals surface area contributed by atoms with Gasteiger partial charge in [-0.1, -0.05) is 18.2 Å². The molecule has 2 N–H and O–H groups in total. The van der Waals surface area contributed by atoms with Crippen LogP contribution in [0.3, 0.4) is 0 Å². The molecule has 0 bridgehead atoms. The van der Waals surface area contributed by atoms with Gasteiger partial charge in [-0.3, -0.25) is 0 Å². The highest BCUT2D eigenvalue weighted by atomic mass is 35.5. The van der Waals surface area contributed by atoms with Gasteiger partial charge in [0.15, 0.2) is 0 Å². The van der Waals surface area contributed by atoms with Gasteiger partial charge in [-0.25, -0.2) is 13.6 Å². The van der Waals surface area contributed by atoms with Crippen LogP contribution >= 0.6 is 12.4 Å². The van der Waals surface area contributed by atoms with Crippen molar-refractivity contribution in [2.24, 2.45) is 15.4 Å². The number of allylic oxidation sites excluding steroid dienone is 1. The SMILES string of the molecule is Cl.NS(=O)(=O)C1=CN=Nc2ccccc2C1. The minimum atomic E-state index is -3.68. The second-order valence-electron chi connectivity index (χ2n) is 3.16. The maximum Gasteiger partial charge on any atom is 0.236 e. The second kappa shape index (κ2) is 4.73. The fourth-order valence-corrected chi connectivity index (χ4v) is 1.87. The molecule has 2 rings (SSSR count). The van der Waals surface area contributed by atoms with Crippen molar-refractivity contribution in [3.8, 4) is 0 Å². The van der Waals surface area contributed by atoms with E-state index in [1.807, 2.05) is 12.1 Å². The summed E-state index contributed by atoms with van der Waals surface area (Å²) in [5, 5.41) is 12.6. The molecule has 0 atom stereocenters. The molecule has 1 heterocycles. The Morgan fingerprint density at radius 3 is 2.62 bits per heavy atom. The van der Waals surface area contributed by atoms with E-state index in [-0.39, 0.29) is 23.7 Å². The van der Waals surface area contributed by atoms with Crippen LogP contribution in [0.15, 0.2) is 45.6 Å². The number of primary sulfonamides is 1. The third kappa shape index (κ3) is 2.66. The summed E-state index contributed by atoms with van der Waals surface area (Å²) in [6, 6.07) is 7.22. The van der Waals surface area contributed by atoms with Crippen LogP contribution < -0.4 is 5.14 Å². The van der Waals surface area contributed by atoms with E-state index in [2.05, 4.69) is 10.2 Å². The molecule has 0 radical (unpaired) electrons. The van der Waals surface area contributed by atoms with Crippen molar-refractivity contribution in [1.82, 2.24) is 0 Å². The first-order chi connectivity index (χ1) is 7.07. The molecule has 0 unspecified atom stereocenters. The highest BCUT2D eigenvalue weighted by Gasteiger charge is 2.16. The van der Waals surface area contributed by atoms with Crippen molar-refractivity contribution >= 4 is 28.1 Å². The minimum Gasteiger partial charge on any atom is -0.225 e. The largest absolute Gasteiger partial charge is 0.236 e. The van der Waals surface area contributed by atoms with Crippen molar-refractivity contribution in [2.75, 3.05) is 0 Å². The van der Waals surface area contributed by atoms with Crippen molar-refractivity contribution < 1.29 is 8.42 Å². The van der Waals surface area contributed by atoms with Crippen LogP contribution in [-0.4, -0.2) is 8.42 Å². The average molecular weight is 260 g/mol. The molecular formula is C9H10ClN3O2S. The van der Waals surface area contributed by atoms with Crippen LogP contribution in [0, 0.1) is 0 Å². The number of hydrogen-bond donors (Lipinski definition) is 1. The van der Waals surface area contributed by atoms with Crippen molar-refractivity contribution in [1.29, 1.82) is 0 Å². The predicted molar refractivity (Wildman–Crippen MR) is 63.1 cm³/mol. The third-order valence-electron chi connectivity index (χ3n) is 2.09. The third-order valence-corrected chi connectivity index (χ3v) is 3.07. The first-order valence-corrected chi connectivity index (χ1v) is 5.82. The van der Waals surface area contributed by atoms with E-state index in [1.54, 1.807) is 12.1 Å². The number of azo groups is 1. The number of fused-ring (bicyclic) bond motifs is 1. The molecule has 5 nitrogen and oxygen atoms in total. The number of nitrogens with zero attached hydrogens (tertiary/aromatic N) is 2. The summed E-state index contributed by atoms with van der Waals surface area (Å²) in [6.07, 6.45) is 1.43. The van der Waals surface area contributed by atoms with E-state index in [0.717, 1.165) is 5.56 Å². The molecule has 1 aliphatic rings. The molecule has 0 amide bonds. The number of hydrogen-bond acceptors (Lipinski definition) is 4. The Bertz CT molecular complexity index is 552. The summed E-state index contributed by atoms with van der Waals surface area (Å²) in [5.41, 5.74) is 1.48. The first-order valence-electron chi connectivity index (χ1n) is 4.28. The number of sulfonamides is 1. The van der Waals surface area contributed by atoms with E-state index >= 15 is 0 Å². The Morgan fingerprint density at radius 1 is 1.25 bits per heavy atom. The Labute approximate surface area is 99.5 Å². The molecule has 0 aliphatic carbocycles. The Hall–Kier alpha value is -1.24. The van der Waals surface area contributed by atoms with Gasteiger partial charge < -0.3 is 0 Å². The van der Waals surface area contributed by atoms with E-state index in [4.69, 9.17) is 5.14 Å². The monoisotopic (exact) mass is 259 g/mol. The molecular weight excluding hydrogens is 250 g/mol. The topological polar surface area (TPSA) is 84.9 Å². The van der Waals surface area contributed by atoms with Gasteiger partial charge in [-0.05, 0) is 11.6 Å². The summed E-state index contributed by atoms with van der Waals surface area (Å²) in [5.74, 6) is 0. The second-order valence-corrected chi connectivity index (χ2v) is 4.78. The van der Waals surface area contributed by atoms with Gasteiger partial charge in [0, 0.05) is 6.42 Å². The summed E-state index contributed by atoms with van der Waals surface area (Å²) in [4.78, 5) is 0.0798. The van der Waals surface area contributed by atoms with Crippen LogP contribution in [-0.2, 0) is 16.4 Å². The molecule has 0 saturated heterocycles. The lowest BCUT2D eigenvalue weighted by molar-refractivity contribution is 0.602. The van der Waals surface area contributed by atoms with Gasteiger partial charge in [0.2, 0.25) is 10.0 Å². The van der Waals surface area contributed by atoms with Gasteiger partial charge in [0.25, 0.3) is 0 Å². The maximum absolute atomic E-state index is 11.2. The zero-order valence-electron chi connectivity index (χ0n) is 8.20. The predicted octanol–water partition coefficient (Wildman–Crippen LogP) is 1.88. The van der Waals surface area contributed by atoms with E-state index < -0.39 is 10.0 Å². The number of benzene rings is 1. The molecule has 0 fully saturated rings. The van der Waals surface area contributed by atoms with E-state index in [0.29, 0.717) is 5.69 Å². The van der Waals surface area contributed by atoms with Gasteiger partial charge in [0.05, 0.1) is 16.8 Å². The molecule has 1 aromatic carbocycles. The lowest BCUT2D eigenvalue weighted by atomic mass is 10.1. The lowest BCUT2D eigenvalue weighted by Gasteiger charge is -2.03. The van der Waals surface area contributed by atoms with E-state index in [9.17, 15) is 8.42 Å². The molecule has 86 valence electrons. The van der Waals surface area contributed by atoms with E-state index in [1.165, 1.54) is 6.20 Å². The smallest absolute Gasteiger partial charge is 0.225 e. The first kappa shape index (κ1) is 12.8. The van der Waals surface area contributed by atoms with Crippen LogP contribution in [0.5, 0.6) is 0 Å². The summed E-state index contributed by atoms with van der Waals surface area (Å²) in [6.45, 7) is 0. The number of rotatable bonds is 1. The van der Waals surface area contributed by atoms with Gasteiger partial charge >= 0.3 is 0 Å². The highest BCUT2D eigenvalue weighted by molar-refractivity contribution is 7.93. The molecule has 1 aromatic rings. The summed E-state index contributed by atoms with van der Waals surface area (Å²) < 4.78 is 22.3. The molecule has 0 saturated carbocycles. The quantitative estimate of drug-likeness (QED) is 0.835. The minimum absolute atomic E-state index is 0. The van der Waals surface area contributed by atoms with Crippen molar-refractivity contribution in [3.05, 3.63) is 40.9 Å². The zero-order chi connectivity index (χ0) is 10.9. The number of nitrogens with two attached hydrogens (primary N) is 1. The summed E-state index contributed by atoms with van der Waals surface area (Å²) >= 11 is 0. The summed E-state index contributed by atoms with van der Waals surface area (Å²) in [7, 11) is -3.68. The standard InChI is InChI=1S/C9H9N3O2S.ClH/c10-15(13,14)8-5-7-3-1-2-4-9(7)12-11-6-8;/h1-4,6H,5H2,(H2,10,13,14);1H. The molecule has 16 heavy (non-hydrogen) atoms.